The van der Waals surface area contributed by atoms with Crippen LogP contribution in [0.1, 0.15) is 49.2 Å². The molecule has 2 aliphatic rings. The minimum absolute atomic E-state index is 0.147. The van der Waals surface area contributed by atoms with Crippen LogP contribution in [0.2, 0.25) is 0 Å². The lowest BCUT2D eigenvalue weighted by Gasteiger charge is -2.29. The van der Waals surface area contributed by atoms with Gasteiger partial charge in [-0.15, -0.1) is 0 Å². The molecular formula is C23H29N7O2. The zero-order valence-electron chi connectivity index (χ0n) is 18.3. The van der Waals surface area contributed by atoms with E-state index in [9.17, 15) is 10.2 Å². The van der Waals surface area contributed by atoms with Crippen LogP contribution in [0.15, 0.2) is 24.4 Å². The summed E-state index contributed by atoms with van der Waals surface area (Å²) < 4.78 is 0. The number of hydrogen-bond acceptors (Lipinski definition) is 9. The van der Waals surface area contributed by atoms with Gasteiger partial charge in [-0.05, 0) is 43.9 Å². The number of aliphatic hydroxyl groups is 2. The molecule has 168 valence electrons. The second kappa shape index (κ2) is 8.93. The molecule has 5 rings (SSSR count). The molecule has 0 spiro atoms. The lowest BCUT2D eigenvalue weighted by atomic mass is 10.1. The van der Waals surface area contributed by atoms with Gasteiger partial charge < -0.3 is 20.4 Å². The SMILES string of the molecule is C[C@@H](O)c1cc2cnc(Nc3ccc4c(n3)CN(CCO)C4)nc2c(N2CCCCC2)n1. The van der Waals surface area contributed by atoms with Gasteiger partial charge in [-0.3, -0.25) is 4.90 Å². The highest BCUT2D eigenvalue weighted by atomic mass is 16.3. The fourth-order valence-corrected chi connectivity index (χ4v) is 4.45. The predicted octanol–water partition coefficient (Wildman–Crippen LogP) is 2.51. The Morgan fingerprint density at radius 2 is 1.94 bits per heavy atom. The summed E-state index contributed by atoms with van der Waals surface area (Å²) >= 11 is 0. The Kier molecular flexibility index (Phi) is 5.86. The van der Waals surface area contributed by atoms with Gasteiger partial charge >= 0.3 is 0 Å². The van der Waals surface area contributed by atoms with Crippen LogP contribution in [-0.2, 0) is 13.1 Å². The van der Waals surface area contributed by atoms with Crippen LogP contribution >= 0.6 is 0 Å². The van der Waals surface area contributed by atoms with Crippen molar-refractivity contribution in [2.45, 2.75) is 45.4 Å². The summed E-state index contributed by atoms with van der Waals surface area (Å²) in [5, 5.41) is 23.4. The number of β-amino-alcohol motifs (C(OH)–C–C–N with tert-alkyl or cyclic N) is 1. The highest BCUT2D eigenvalue weighted by Crippen LogP contribution is 2.30. The summed E-state index contributed by atoms with van der Waals surface area (Å²) in [6.07, 6.45) is 4.62. The van der Waals surface area contributed by atoms with Crippen molar-refractivity contribution in [3.05, 3.63) is 41.3 Å². The standard InChI is InChI=1S/C23H29N7O2/c1-15(32)18-11-17-12-24-23(28-21(17)22(26-18)30-7-3-2-4-8-30)27-20-6-5-16-13-29(9-10-31)14-19(16)25-20/h5-6,11-12,15,31-32H,2-4,7-10,13-14H2,1H3,(H,24,25,27,28)/t15-/m1/s1. The third-order valence-corrected chi connectivity index (χ3v) is 6.14. The Balaban J connectivity index is 1.46. The van der Waals surface area contributed by atoms with Gasteiger partial charge in [0.25, 0.3) is 0 Å². The number of piperidine rings is 1. The van der Waals surface area contributed by atoms with Gasteiger partial charge in [-0.25, -0.2) is 19.9 Å². The lowest BCUT2D eigenvalue weighted by Crippen LogP contribution is -2.30. The van der Waals surface area contributed by atoms with Crippen LogP contribution in [0.4, 0.5) is 17.6 Å². The molecule has 1 fully saturated rings. The van der Waals surface area contributed by atoms with E-state index in [0.29, 0.717) is 24.0 Å². The monoisotopic (exact) mass is 435 g/mol. The zero-order chi connectivity index (χ0) is 22.1. The van der Waals surface area contributed by atoms with Crippen LogP contribution in [-0.4, -0.2) is 61.3 Å². The number of hydrogen-bond donors (Lipinski definition) is 3. The van der Waals surface area contributed by atoms with Crippen LogP contribution in [0.3, 0.4) is 0 Å². The molecule has 0 unspecified atom stereocenters. The molecule has 1 saturated heterocycles. The van der Waals surface area contributed by atoms with Crippen molar-refractivity contribution < 1.29 is 10.2 Å². The van der Waals surface area contributed by atoms with E-state index < -0.39 is 6.10 Å². The van der Waals surface area contributed by atoms with Crippen molar-refractivity contribution >= 4 is 28.5 Å². The van der Waals surface area contributed by atoms with E-state index in [4.69, 9.17) is 15.0 Å². The van der Waals surface area contributed by atoms with Crippen molar-refractivity contribution in [1.29, 1.82) is 0 Å². The van der Waals surface area contributed by atoms with Crippen LogP contribution in [0, 0.1) is 0 Å². The van der Waals surface area contributed by atoms with Gasteiger partial charge in [-0.1, -0.05) is 6.07 Å². The van der Waals surface area contributed by atoms with Crippen LogP contribution < -0.4 is 10.2 Å². The number of aromatic nitrogens is 4. The molecule has 0 radical (unpaired) electrons. The molecule has 0 saturated carbocycles. The topological polar surface area (TPSA) is 111 Å². The van der Waals surface area contributed by atoms with E-state index in [2.05, 4.69) is 26.2 Å². The lowest BCUT2D eigenvalue weighted by molar-refractivity contribution is 0.194. The number of pyridine rings is 2. The number of aliphatic hydroxyl groups excluding tert-OH is 2. The van der Waals surface area contributed by atoms with E-state index in [-0.39, 0.29) is 6.61 Å². The van der Waals surface area contributed by atoms with E-state index >= 15 is 0 Å². The zero-order valence-corrected chi connectivity index (χ0v) is 18.3. The second-order valence-electron chi connectivity index (χ2n) is 8.59. The molecule has 32 heavy (non-hydrogen) atoms. The number of anilines is 3. The Hall–Kier alpha value is -2.88. The van der Waals surface area contributed by atoms with Gasteiger partial charge in [0.05, 0.1) is 24.1 Å². The summed E-state index contributed by atoms with van der Waals surface area (Å²) in [6, 6.07) is 5.87. The number of nitrogens with zero attached hydrogens (tertiary/aromatic N) is 6. The maximum atomic E-state index is 10.1. The van der Waals surface area contributed by atoms with Crippen molar-refractivity contribution in [3.8, 4) is 0 Å². The summed E-state index contributed by atoms with van der Waals surface area (Å²) in [4.78, 5) is 23.2. The Labute approximate surface area is 187 Å². The summed E-state index contributed by atoms with van der Waals surface area (Å²) in [5.41, 5.74) is 3.62. The van der Waals surface area contributed by atoms with E-state index in [0.717, 1.165) is 61.4 Å². The van der Waals surface area contributed by atoms with Crippen molar-refractivity contribution in [1.82, 2.24) is 24.8 Å². The van der Waals surface area contributed by atoms with E-state index in [1.165, 1.54) is 12.0 Å². The fourth-order valence-electron chi connectivity index (χ4n) is 4.45. The van der Waals surface area contributed by atoms with Crippen LogP contribution in [0.25, 0.3) is 10.9 Å². The Morgan fingerprint density at radius 3 is 2.72 bits per heavy atom. The second-order valence-corrected chi connectivity index (χ2v) is 8.59. The summed E-state index contributed by atoms with van der Waals surface area (Å²) in [5.74, 6) is 1.98. The molecule has 5 heterocycles. The molecule has 1 atom stereocenters. The highest BCUT2D eigenvalue weighted by Gasteiger charge is 2.21. The molecular weight excluding hydrogens is 406 g/mol. The molecule has 2 aliphatic heterocycles. The molecule has 3 N–H and O–H groups in total. The molecule has 0 aliphatic carbocycles. The predicted molar refractivity (Wildman–Crippen MR) is 123 cm³/mol. The van der Waals surface area contributed by atoms with Crippen LogP contribution in [0.5, 0.6) is 0 Å². The fraction of sp³-hybridized carbons (Fsp3) is 0.478. The van der Waals surface area contributed by atoms with E-state index in [1.807, 2.05) is 12.1 Å². The molecule has 0 amide bonds. The van der Waals surface area contributed by atoms with Gasteiger partial charge in [0.1, 0.15) is 11.3 Å². The van der Waals surface area contributed by atoms with Gasteiger partial charge in [-0.2, -0.15) is 0 Å². The molecule has 3 aromatic heterocycles. The maximum Gasteiger partial charge on any atom is 0.229 e. The average molecular weight is 436 g/mol. The summed E-state index contributed by atoms with van der Waals surface area (Å²) in [7, 11) is 0. The summed E-state index contributed by atoms with van der Waals surface area (Å²) in [6.45, 7) is 5.94. The van der Waals surface area contributed by atoms with Gasteiger partial charge in [0.15, 0.2) is 5.82 Å². The Morgan fingerprint density at radius 1 is 1.09 bits per heavy atom. The first kappa shape index (κ1) is 21.0. The first-order chi connectivity index (χ1) is 15.6. The quantitative estimate of drug-likeness (QED) is 0.538. The van der Waals surface area contributed by atoms with E-state index in [1.54, 1.807) is 13.1 Å². The smallest absolute Gasteiger partial charge is 0.229 e. The first-order valence-electron chi connectivity index (χ1n) is 11.3. The van der Waals surface area contributed by atoms with Crippen molar-refractivity contribution in [3.63, 3.8) is 0 Å². The highest BCUT2D eigenvalue weighted by molar-refractivity contribution is 5.89. The van der Waals surface area contributed by atoms with Gasteiger partial charge in [0.2, 0.25) is 5.95 Å². The van der Waals surface area contributed by atoms with Crippen molar-refractivity contribution in [2.24, 2.45) is 0 Å². The molecule has 0 bridgehead atoms. The minimum Gasteiger partial charge on any atom is -0.395 e. The molecule has 3 aromatic rings. The maximum absolute atomic E-state index is 10.1. The molecule has 9 nitrogen and oxygen atoms in total. The average Bonchev–Trinajstić information content (AvgIpc) is 3.21. The number of nitrogens with one attached hydrogen (secondary N) is 1. The third-order valence-electron chi connectivity index (χ3n) is 6.14. The third kappa shape index (κ3) is 4.23. The molecule has 0 aromatic carbocycles. The molecule has 9 heteroatoms. The van der Waals surface area contributed by atoms with Crippen molar-refractivity contribution in [2.75, 3.05) is 36.5 Å². The van der Waals surface area contributed by atoms with Gasteiger partial charge in [0, 0.05) is 44.3 Å². The number of fused-ring (bicyclic) bond motifs is 2. The largest absolute Gasteiger partial charge is 0.395 e. The normalized spacial score (nSPS) is 17.5. The number of rotatable bonds is 6. The first-order valence-corrected chi connectivity index (χ1v) is 11.3. The minimum atomic E-state index is -0.651. The Bertz CT molecular complexity index is 1110.